The summed E-state index contributed by atoms with van der Waals surface area (Å²) in [6.45, 7) is 4.60. The average molecular weight is 287 g/mol. The maximum atomic E-state index is 12.3. The first-order chi connectivity index (χ1) is 10.0. The topological polar surface area (TPSA) is 63.7 Å². The van der Waals surface area contributed by atoms with Crippen molar-refractivity contribution in [1.82, 2.24) is 0 Å². The van der Waals surface area contributed by atoms with Crippen LogP contribution in [0.2, 0.25) is 0 Å². The summed E-state index contributed by atoms with van der Waals surface area (Å²) in [5.41, 5.74) is 2.64. The number of carbonyl (C=O) groups is 3. The van der Waals surface area contributed by atoms with Gasteiger partial charge in [-0.05, 0) is 31.4 Å². The van der Waals surface area contributed by atoms with E-state index in [4.69, 9.17) is 4.74 Å². The number of hydrogen-bond donors (Lipinski definition) is 0. The number of nitrogens with zero attached hydrogens (tertiary/aromatic N) is 1. The molecule has 2 aliphatic heterocycles. The van der Waals surface area contributed by atoms with E-state index >= 15 is 0 Å². The van der Waals surface area contributed by atoms with Crippen LogP contribution in [0.3, 0.4) is 0 Å². The van der Waals surface area contributed by atoms with Gasteiger partial charge in [-0.25, -0.2) is 0 Å². The van der Waals surface area contributed by atoms with Crippen LogP contribution in [0.1, 0.15) is 27.9 Å². The maximum absolute atomic E-state index is 12.3. The number of hydrogen-bond acceptors (Lipinski definition) is 4. The number of carbonyl (C=O) groups excluding carboxylic acids is 3. The maximum Gasteiger partial charge on any atom is 0.299 e. The quantitative estimate of drug-likeness (QED) is 0.789. The Morgan fingerprint density at radius 1 is 1.29 bits per heavy atom. The standard InChI is InChI=1S/C16H17NO4/c1-9-3-4-10(2)14-13(9)15(19)16(20)17(14)7-12(18)11-5-6-21-8-11/h3-4,11H,5-8H2,1-2H3. The second kappa shape index (κ2) is 5.07. The third kappa shape index (κ3) is 2.17. The Hall–Kier alpha value is -2.01. The van der Waals surface area contributed by atoms with E-state index < -0.39 is 11.7 Å². The molecule has 1 aromatic rings. The lowest BCUT2D eigenvalue weighted by molar-refractivity contribution is -0.123. The van der Waals surface area contributed by atoms with Gasteiger partial charge in [0.2, 0.25) is 0 Å². The smallest absolute Gasteiger partial charge is 0.299 e. The highest BCUT2D eigenvalue weighted by Crippen LogP contribution is 2.34. The van der Waals surface area contributed by atoms with Crippen LogP contribution < -0.4 is 4.90 Å². The number of Topliss-reactive ketones (excluding diaryl/α,β-unsaturated/α-hetero) is 2. The number of anilines is 1. The first kappa shape index (κ1) is 13.9. The van der Waals surface area contributed by atoms with Crippen LogP contribution in [0.15, 0.2) is 12.1 Å². The number of amides is 1. The lowest BCUT2D eigenvalue weighted by Gasteiger charge is -2.19. The summed E-state index contributed by atoms with van der Waals surface area (Å²) in [5.74, 6) is -1.32. The van der Waals surface area contributed by atoms with Gasteiger partial charge in [0, 0.05) is 12.5 Å². The van der Waals surface area contributed by atoms with Gasteiger partial charge < -0.3 is 4.74 Å². The van der Waals surface area contributed by atoms with Gasteiger partial charge in [-0.2, -0.15) is 0 Å². The van der Waals surface area contributed by atoms with Gasteiger partial charge in [0.05, 0.1) is 24.4 Å². The summed E-state index contributed by atoms with van der Waals surface area (Å²) in [5, 5.41) is 0. The Labute approximate surface area is 122 Å². The molecule has 3 rings (SSSR count). The predicted octanol–water partition coefficient (Wildman–Crippen LogP) is 1.44. The molecule has 1 atom stereocenters. The Bertz CT molecular complexity index is 644. The summed E-state index contributed by atoms with van der Waals surface area (Å²) in [6, 6.07) is 3.70. The fourth-order valence-corrected chi connectivity index (χ4v) is 2.99. The molecule has 5 nitrogen and oxygen atoms in total. The van der Waals surface area contributed by atoms with Gasteiger partial charge in [-0.1, -0.05) is 12.1 Å². The van der Waals surface area contributed by atoms with Crippen molar-refractivity contribution in [2.75, 3.05) is 24.7 Å². The average Bonchev–Trinajstić information content (AvgIpc) is 3.06. The molecule has 2 aliphatic rings. The van der Waals surface area contributed by atoms with E-state index in [1.807, 2.05) is 19.1 Å². The van der Waals surface area contributed by atoms with Crippen molar-refractivity contribution in [2.24, 2.45) is 5.92 Å². The van der Waals surface area contributed by atoms with Crippen LogP contribution in [0.5, 0.6) is 0 Å². The lowest BCUT2D eigenvalue weighted by Crippen LogP contribution is -2.37. The number of ether oxygens (including phenoxy) is 1. The Balaban J connectivity index is 1.94. The van der Waals surface area contributed by atoms with E-state index in [0.29, 0.717) is 30.9 Å². The van der Waals surface area contributed by atoms with E-state index in [-0.39, 0.29) is 18.2 Å². The van der Waals surface area contributed by atoms with Gasteiger partial charge in [-0.15, -0.1) is 0 Å². The van der Waals surface area contributed by atoms with E-state index in [1.54, 1.807) is 6.92 Å². The van der Waals surface area contributed by atoms with Crippen LogP contribution in [0.25, 0.3) is 0 Å². The molecule has 1 amide bonds. The summed E-state index contributed by atoms with van der Waals surface area (Å²) in [6.07, 6.45) is 0.689. The minimum atomic E-state index is -0.602. The SMILES string of the molecule is Cc1ccc(C)c2c1C(=O)C(=O)N2CC(=O)C1CCOC1. The second-order valence-corrected chi connectivity index (χ2v) is 5.67. The summed E-state index contributed by atoms with van der Waals surface area (Å²) < 4.78 is 5.21. The normalized spacial score (nSPS) is 21.0. The monoisotopic (exact) mass is 287 g/mol. The van der Waals surface area contributed by atoms with Gasteiger partial charge in [0.25, 0.3) is 11.7 Å². The van der Waals surface area contributed by atoms with Crippen molar-refractivity contribution in [2.45, 2.75) is 20.3 Å². The second-order valence-electron chi connectivity index (χ2n) is 5.67. The van der Waals surface area contributed by atoms with Crippen molar-refractivity contribution < 1.29 is 19.1 Å². The summed E-state index contributed by atoms with van der Waals surface area (Å²) >= 11 is 0. The molecule has 0 N–H and O–H groups in total. The van der Waals surface area contributed by atoms with Crippen molar-refractivity contribution in [3.05, 3.63) is 28.8 Å². The highest BCUT2D eigenvalue weighted by Gasteiger charge is 2.40. The third-order valence-electron chi connectivity index (χ3n) is 4.22. The minimum absolute atomic E-state index is 0.0394. The zero-order valence-corrected chi connectivity index (χ0v) is 12.1. The first-order valence-corrected chi connectivity index (χ1v) is 7.07. The molecular formula is C16H17NO4. The molecule has 5 heteroatoms. The van der Waals surface area contributed by atoms with E-state index in [1.165, 1.54) is 4.90 Å². The fourth-order valence-electron chi connectivity index (χ4n) is 2.99. The zero-order chi connectivity index (χ0) is 15.1. The molecule has 2 heterocycles. The number of benzene rings is 1. The molecule has 0 spiro atoms. The molecular weight excluding hydrogens is 270 g/mol. The number of aryl methyl sites for hydroxylation is 2. The molecule has 1 aromatic carbocycles. The van der Waals surface area contributed by atoms with Crippen molar-refractivity contribution in [3.8, 4) is 0 Å². The number of fused-ring (bicyclic) bond motifs is 1. The van der Waals surface area contributed by atoms with Gasteiger partial charge in [0.1, 0.15) is 0 Å². The number of ketones is 2. The van der Waals surface area contributed by atoms with E-state index in [9.17, 15) is 14.4 Å². The Morgan fingerprint density at radius 2 is 2.00 bits per heavy atom. The van der Waals surface area contributed by atoms with Crippen LogP contribution in [0, 0.1) is 19.8 Å². The van der Waals surface area contributed by atoms with Crippen LogP contribution in [-0.2, 0) is 14.3 Å². The number of rotatable bonds is 3. The van der Waals surface area contributed by atoms with Crippen molar-refractivity contribution >= 4 is 23.2 Å². The van der Waals surface area contributed by atoms with Gasteiger partial charge in [0.15, 0.2) is 5.78 Å². The van der Waals surface area contributed by atoms with Crippen LogP contribution in [-0.4, -0.2) is 37.2 Å². The van der Waals surface area contributed by atoms with Gasteiger partial charge in [-0.3, -0.25) is 19.3 Å². The molecule has 0 aromatic heterocycles. The largest absolute Gasteiger partial charge is 0.381 e. The molecule has 0 aliphatic carbocycles. The highest BCUT2D eigenvalue weighted by molar-refractivity contribution is 6.53. The van der Waals surface area contributed by atoms with Crippen molar-refractivity contribution in [1.29, 1.82) is 0 Å². The highest BCUT2D eigenvalue weighted by atomic mass is 16.5. The molecule has 0 radical (unpaired) electrons. The molecule has 0 bridgehead atoms. The van der Waals surface area contributed by atoms with Crippen LogP contribution >= 0.6 is 0 Å². The summed E-state index contributed by atoms with van der Waals surface area (Å²) in [4.78, 5) is 38.0. The fraction of sp³-hybridized carbons (Fsp3) is 0.438. The van der Waals surface area contributed by atoms with E-state index in [2.05, 4.69) is 0 Å². The molecule has 110 valence electrons. The van der Waals surface area contributed by atoms with Gasteiger partial charge >= 0.3 is 0 Å². The third-order valence-corrected chi connectivity index (χ3v) is 4.22. The molecule has 0 saturated carbocycles. The molecule has 1 unspecified atom stereocenters. The van der Waals surface area contributed by atoms with Crippen molar-refractivity contribution in [3.63, 3.8) is 0 Å². The van der Waals surface area contributed by atoms with E-state index in [0.717, 1.165) is 11.1 Å². The summed E-state index contributed by atoms with van der Waals surface area (Å²) in [7, 11) is 0. The zero-order valence-electron chi connectivity index (χ0n) is 12.1. The lowest BCUT2D eigenvalue weighted by atomic mass is 10.0. The van der Waals surface area contributed by atoms with Crippen LogP contribution in [0.4, 0.5) is 5.69 Å². The Morgan fingerprint density at radius 3 is 2.67 bits per heavy atom. The molecule has 1 fully saturated rings. The molecule has 21 heavy (non-hydrogen) atoms. The minimum Gasteiger partial charge on any atom is -0.381 e. The Kier molecular flexibility index (Phi) is 3.37. The molecule has 1 saturated heterocycles. The first-order valence-electron chi connectivity index (χ1n) is 7.07. The predicted molar refractivity (Wildman–Crippen MR) is 76.5 cm³/mol.